The summed E-state index contributed by atoms with van der Waals surface area (Å²) in [5.74, 6) is 0.593. The number of nitrogens with zero attached hydrogens (tertiary/aromatic N) is 2. The maximum atomic E-state index is 8.93. The molecule has 0 bridgehead atoms. The van der Waals surface area contributed by atoms with Gasteiger partial charge in [-0.2, -0.15) is 0 Å². The molecule has 1 N–H and O–H groups in total. The minimum absolute atomic E-state index is 0.0523. The second kappa shape index (κ2) is 5.52. The van der Waals surface area contributed by atoms with Gasteiger partial charge < -0.3 is 9.84 Å². The van der Waals surface area contributed by atoms with E-state index < -0.39 is 0 Å². The van der Waals surface area contributed by atoms with E-state index in [1.54, 1.807) is 19.5 Å². The molecular formula is C13H14N2O2. The molecule has 0 aliphatic heterocycles. The summed E-state index contributed by atoms with van der Waals surface area (Å²) >= 11 is 0. The Morgan fingerprint density at radius 2 is 1.82 bits per heavy atom. The SMILES string of the molecule is COC(c1ccccc1)c1ncc(CO)cn1. The van der Waals surface area contributed by atoms with E-state index in [1.165, 1.54) is 0 Å². The fraction of sp³-hybridized carbons (Fsp3) is 0.231. The maximum Gasteiger partial charge on any atom is 0.161 e. The molecule has 2 aromatic rings. The highest BCUT2D eigenvalue weighted by Gasteiger charge is 2.15. The van der Waals surface area contributed by atoms with Crippen LogP contribution < -0.4 is 0 Å². The van der Waals surface area contributed by atoms with Crippen molar-refractivity contribution >= 4 is 0 Å². The Bertz CT molecular complexity index is 457. The predicted molar refractivity (Wildman–Crippen MR) is 63.2 cm³/mol. The highest BCUT2D eigenvalue weighted by molar-refractivity contribution is 5.23. The van der Waals surface area contributed by atoms with Crippen LogP contribution in [0.2, 0.25) is 0 Å². The monoisotopic (exact) mass is 230 g/mol. The lowest BCUT2D eigenvalue weighted by atomic mass is 10.1. The van der Waals surface area contributed by atoms with Gasteiger partial charge in [0.15, 0.2) is 5.82 Å². The maximum absolute atomic E-state index is 8.93. The van der Waals surface area contributed by atoms with Crippen molar-refractivity contribution in [3.05, 3.63) is 59.7 Å². The molecule has 4 nitrogen and oxygen atoms in total. The first-order valence-electron chi connectivity index (χ1n) is 5.34. The first kappa shape index (κ1) is 11.7. The van der Waals surface area contributed by atoms with Gasteiger partial charge in [-0.05, 0) is 5.56 Å². The van der Waals surface area contributed by atoms with Crippen LogP contribution >= 0.6 is 0 Å². The topological polar surface area (TPSA) is 55.2 Å². The zero-order chi connectivity index (χ0) is 12.1. The van der Waals surface area contributed by atoms with Gasteiger partial charge in [0, 0.05) is 25.1 Å². The van der Waals surface area contributed by atoms with Crippen LogP contribution in [0.3, 0.4) is 0 Å². The molecule has 0 fully saturated rings. The Balaban J connectivity index is 2.29. The van der Waals surface area contributed by atoms with Gasteiger partial charge in [0.25, 0.3) is 0 Å². The van der Waals surface area contributed by atoms with E-state index in [1.807, 2.05) is 30.3 Å². The van der Waals surface area contributed by atoms with Crippen LogP contribution in [0.15, 0.2) is 42.7 Å². The van der Waals surface area contributed by atoms with E-state index in [0.29, 0.717) is 11.4 Å². The zero-order valence-electron chi connectivity index (χ0n) is 9.58. The van der Waals surface area contributed by atoms with E-state index in [4.69, 9.17) is 9.84 Å². The van der Waals surface area contributed by atoms with Crippen LogP contribution in [0, 0.1) is 0 Å². The Hall–Kier alpha value is -1.78. The fourth-order valence-electron chi connectivity index (χ4n) is 1.60. The summed E-state index contributed by atoms with van der Waals surface area (Å²) in [7, 11) is 1.63. The van der Waals surface area contributed by atoms with Crippen molar-refractivity contribution in [2.75, 3.05) is 7.11 Å². The second-order valence-electron chi connectivity index (χ2n) is 3.63. The van der Waals surface area contributed by atoms with Gasteiger partial charge in [0.2, 0.25) is 0 Å². The van der Waals surface area contributed by atoms with E-state index >= 15 is 0 Å². The third-order valence-corrected chi connectivity index (χ3v) is 2.48. The van der Waals surface area contributed by atoms with Crippen molar-refractivity contribution in [3.8, 4) is 0 Å². The minimum Gasteiger partial charge on any atom is -0.392 e. The van der Waals surface area contributed by atoms with Crippen molar-refractivity contribution in [1.29, 1.82) is 0 Å². The molecule has 4 heteroatoms. The van der Waals surface area contributed by atoms with E-state index in [0.717, 1.165) is 5.56 Å². The predicted octanol–water partition coefficient (Wildman–Crippen LogP) is 1.70. The largest absolute Gasteiger partial charge is 0.392 e. The molecule has 0 amide bonds. The third-order valence-electron chi connectivity index (χ3n) is 2.48. The summed E-state index contributed by atoms with van der Waals surface area (Å²) in [5, 5.41) is 8.93. The van der Waals surface area contributed by atoms with Crippen molar-refractivity contribution in [2.24, 2.45) is 0 Å². The Labute approximate surface area is 99.9 Å². The number of rotatable bonds is 4. The van der Waals surface area contributed by atoms with Crippen molar-refractivity contribution < 1.29 is 9.84 Å². The number of ether oxygens (including phenoxy) is 1. The van der Waals surface area contributed by atoms with E-state index in [-0.39, 0.29) is 12.7 Å². The molecule has 1 unspecified atom stereocenters. The molecule has 1 heterocycles. The number of hydrogen-bond acceptors (Lipinski definition) is 4. The number of aromatic nitrogens is 2. The summed E-state index contributed by atoms with van der Waals surface area (Å²) in [6.07, 6.45) is 2.94. The summed E-state index contributed by atoms with van der Waals surface area (Å²) < 4.78 is 5.41. The van der Waals surface area contributed by atoms with Crippen LogP contribution in [0.1, 0.15) is 23.1 Å². The first-order valence-corrected chi connectivity index (χ1v) is 5.34. The smallest absolute Gasteiger partial charge is 0.161 e. The van der Waals surface area contributed by atoms with Gasteiger partial charge in [-0.15, -0.1) is 0 Å². The second-order valence-corrected chi connectivity index (χ2v) is 3.63. The number of aliphatic hydroxyl groups excluding tert-OH is 1. The Kier molecular flexibility index (Phi) is 3.80. The number of benzene rings is 1. The van der Waals surface area contributed by atoms with Gasteiger partial charge in [-0.1, -0.05) is 30.3 Å². The lowest BCUT2D eigenvalue weighted by Gasteiger charge is -2.14. The average Bonchev–Trinajstić information content (AvgIpc) is 2.42. The molecule has 2 rings (SSSR count). The standard InChI is InChI=1S/C13H14N2O2/c1-17-12(11-5-3-2-4-6-11)13-14-7-10(9-16)8-15-13/h2-8,12,16H,9H2,1H3. The van der Waals surface area contributed by atoms with Crippen LogP contribution in [0.4, 0.5) is 0 Å². The molecule has 0 saturated carbocycles. The summed E-state index contributed by atoms with van der Waals surface area (Å²) in [6.45, 7) is -0.0523. The van der Waals surface area contributed by atoms with Crippen molar-refractivity contribution in [3.63, 3.8) is 0 Å². The van der Waals surface area contributed by atoms with Crippen LogP contribution in [0.5, 0.6) is 0 Å². The highest BCUT2D eigenvalue weighted by Crippen LogP contribution is 2.21. The van der Waals surface area contributed by atoms with Gasteiger partial charge in [-0.25, -0.2) is 9.97 Å². The normalized spacial score (nSPS) is 12.4. The van der Waals surface area contributed by atoms with Crippen LogP contribution in [0.25, 0.3) is 0 Å². The molecule has 0 aliphatic carbocycles. The number of methoxy groups -OCH3 is 1. The molecule has 1 aromatic heterocycles. The van der Waals surface area contributed by atoms with Crippen molar-refractivity contribution in [2.45, 2.75) is 12.7 Å². The third kappa shape index (κ3) is 2.67. The minimum atomic E-state index is -0.274. The molecule has 0 saturated heterocycles. The molecular weight excluding hydrogens is 216 g/mol. The zero-order valence-corrected chi connectivity index (χ0v) is 9.58. The molecule has 1 aromatic carbocycles. The van der Waals surface area contributed by atoms with E-state index in [2.05, 4.69) is 9.97 Å². The van der Waals surface area contributed by atoms with Crippen LogP contribution in [-0.2, 0) is 11.3 Å². The lowest BCUT2D eigenvalue weighted by molar-refractivity contribution is 0.129. The van der Waals surface area contributed by atoms with Gasteiger partial charge in [0.05, 0.1) is 6.61 Å². The molecule has 0 spiro atoms. The molecule has 1 atom stereocenters. The molecule has 0 radical (unpaired) electrons. The van der Waals surface area contributed by atoms with Gasteiger partial charge in [-0.3, -0.25) is 0 Å². The summed E-state index contributed by atoms with van der Waals surface area (Å²) in [4.78, 5) is 8.40. The van der Waals surface area contributed by atoms with Gasteiger partial charge >= 0.3 is 0 Å². The Morgan fingerprint density at radius 1 is 1.18 bits per heavy atom. The van der Waals surface area contributed by atoms with Crippen molar-refractivity contribution in [1.82, 2.24) is 9.97 Å². The average molecular weight is 230 g/mol. The molecule has 17 heavy (non-hydrogen) atoms. The Morgan fingerprint density at radius 3 is 2.35 bits per heavy atom. The summed E-state index contributed by atoms with van der Waals surface area (Å²) in [6, 6.07) is 9.79. The quantitative estimate of drug-likeness (QED) is 0.868. The fourth-order valence-corrected chi connectivity index (χ4v) is 1.60. The lowest BCUT2D eigenvalue weighted by Crippen LogP contribution is -2.08. The summed E-state index contributed by atoms with van der Waals surface area (Å²) in [5.41, 5.74) is 1.70. The molecule has 0 aliphatic rings. The number of aliphatic hydroxyl groups is 1. The molecule has 88 valence electrons. The first-order chi connectivity index (χ1) is 8.35. The van der Waals surface area contributed by atoms with Crippen LogP contribution in [-0.4, -0.2) is 22.2 Å². The highest BCUT2D eigenvalue weighted by atomic mass is 16.5. The van der Waals surface area contributed by atoms with E-state index in [9.17, 15) is 0 Å². The van der Waals surface area contributed by atoms with Gasteiger partial charge in [0.1, 0.15) is 6.10 Å². The number of hydrogen-bond donors (Lipinski definition) is 1.